The number of nitrogens with zero attached hydrogens (tertiary/aromatic N) is 1. The normalized spacial score (nSPS) is 20.3. The molecule has 2 aliphatic rings. The molecule has 0 radical (unpaired) electrons. The van der Waals surface area contributed by atoms with Crippen LogP contribution in [0.3, 0.4) is 0 Å². The minimum absolute atomic E-state index is 0.302. The van der Waals surface area contributed by atoms with Crippen molar-refractivity contribution in [1.82, 2.24) is 10.2 Å². The fraction of sp³-hybridized carbons (Fsp3) is 0.611. The Labute approximate surface area is 132 Å². The molecular weight excluding hydrogens is 276 g/mol. The second-order valence-electron chi connectivity index (χ2n) is 6.66. The third-order valence-electron chi connectivity index (χ3n) is 5.30. The van der Waals surface area contributed by atoms with E-state index in [0.717, 1.165) is 51.2 Å². The second-order valence-corrected chi connectivity index (χ2v) is 6.66. The van der Waals surface area contributed by atoms with Crippen LogP contribution in [0.15, 0.2) is 24.3 Å². The van der Waals surface area contributed by atoms with Crippen LogP contribution >= 0.6 is 0 Å². The van der Waals surface area contributed by atoms with Gasteiger partial charge in [-0.15, -0.1) is 0 Å². The highest BCUT2D eigenvalue weighted by molar-refractivity contribution is 5.76. The van der Waals surface area contributed by atoms with E-state index in [1.54, 1.807) is 7.11 Å². The number of ether oxygens (including phenoxy) is 1. The molecule has 0 saturated carbocycles. The zero-order valence-electron chi connectivity index (χ0n) is 13.4. The first-order valence-corrected chi connectivity index (χ1v) is 8.32. The van der Waals surface area contributed by atoms with E-state index in [1.165, 1.54) is 12.0 Å². The molecule has 1 amide bonds. The van der Waals surface area contributed by atoms with Crippen LogP contribution in [0.25, 0.3) is 0 Å². The van der Waals surface area contributed by atoms with Gasteiger partial charge in [0.2, 0.25) is 5.91 Å². The highest BCUT2D eigenvalue weighted by atomic mass is 16.5. The monoisotopic (exact) mass is 302 g/mol. The highest BCUT2D eigenvalue weighted by Crippen LogP contribution is 2.37. The van der Waals surface area contributed by atoms with E-state index in [-0.39, 0.29) is 0 Å². The second kappa shape index (κ2) is 6.69. The average molecular weight is 302 g/mol. The quantitative estimate of drug-likeness (QED) is 0.927. The Balaban J connectivity index is 1.46. The van der Waals surface area contributed by atoms with Gasteiger partial charge in [-0.05, 0) is 55.3 Å². The number of carbonyl (C=O) groups is 1. The molecule has 2 heterocycles. The van der Waals surface area contributed by atoms with Crippen LogP contribution in [-0.4, -0.2) is 44.1 Å². The lowest BCUT2D eigenvalue weighted by Crippen LogP contribution is -2.44. The Kier molecular flexibility index (Phi) is 4.67. The number of hydrogen-bond donors (Lipinski definition) is 1. The number of hydrogen-bond acceptors (Lipinski definition) is 3. The summed E-state index contributed by atoms with van der Waals surface area (Å²) in [4.78, 5) is 14.4. The van der Waals surface area contributed by atoms with Gasteiger partial charge in [0, 0.05) is 26.1 Å². The number of methoxy groups -OCH3 is 1. The third kappa shape index (κ3) is 3.43. The van der Waals surface area contributed by atoms with Crippen molar-refractivity contribution < 1.29 is 9.53 Å². The zero-order valence-corrected chi connectivity index (χ0v) is 13.4. The van der Waals surface area contributed by atoms with Crippen LogP contribution < -0.4 is 10.1 Å². The number of piperidine rings is 1. The molecule has 0 aromatic heterocycles. The van der Waals surface area contributed by atoms with Crippen molar-refractivity contribution in [1.29, 1.82) is 0 Å². The summed E-state index contributed by atoms with van der Waals surface area (Å²) in [5.74, 6) is 1.17. The summed E-state index contributed by atoms with van der Waals surface area (Å²) in [5.41, 5.74) is 1.68. The van der Waals surface area contributed by atoms with Crippen molar-refractivity contribution in [2.24, 2.45) is 5.41 Å². The summed E-state index contributed by atoms with van der Waals surface area (Å²) in [6, 6.07) is 8.00. The van der Waals surface area contributed by atoms with Crippen molar-refractivity contribution >= 4 is 5.91 Å². The van der Waals surface area contributed by atoms with Gasteiger partial charge < -0.3 is 15.0 Å². The Morgan fingerprint density at radius 1 is 1.23 bits per heavy atom. The van der Waals surface area contributed by atoms with Gasteiger partial charge in [0.1, 0.15) is 5.75 Å². The predicted octanol–water partition coefficient (Wildman–Crippen LogP) is 2.23. The van der Waals surface area contributed by atoms with Crippen LogP contribution in [0, 0.1) is 5.41 Å². The van der Waals surface area contributed by atoms with Gasteiger partial charge in [0.05, 0.1) is 7.11 Å². The molecule has 2 fully saturated rings. The topological polar surface area (TPSA) is 41.6 Å². The molecule has 0 bridgehead atoms. The molecule has 1 N–H and O–H groups in total. The van der Waals surface area contributed by atoms with Crippen LogP contribution in [0.4, 0.5) is 0 Å². The number of rotatable bonds is 4. The van der Waals surface area contributed by atoms with E-state index in [2.05, 4.69) is 10.2 Å². The summed E-state index contributed by atoms with van der Waals surface area (Å²) in [5, 5.41) is 3.47. The summed E-state index contributed by atoms with van der Waals surface area (Å²) < 4.78 is 5.16. The standard InChI is InChI=1S/C18H26N2O2/c1-22-16-5-2-15(3-6-16)4-7-17(21)20-12-9-18(10-13-20)8-11-19-14-18/h2-3,5-6,19H,4,7-14H2,1H3. The summed E-state index contributed by atoms with van der Waals surface area (Å²) >= 11 is 0. The van der Waals surface area contributed by atoms with Gasteiger partial charge in [-0.1, -0.05) is 12.1 Å². The van der Waals surface area contributed by atoms with Crippen LogP contribution in [-0.2, 0) is 11.2 Å². The first-order valence-electron chi connectivity index (χ1n) is 8.32. The minimum atomic E-state index is 0.302. The lowest BCUT2D eigenvalue weighted by molar-refractivity contribution is -0.133. The third-order valence-corrected chi connectivity index (χ3v) is 5.30. The van der Waals surface area contributed by atoms with E-state index < -0.39 is 0 Å². The molecule has 2 aliphatic heterocycles. The van der Waals surface area contributed by atoms with Crippen molar-refractivity contribution in [3.63, 3.8) is 0 Å². The molecule has 0 atom stereocenters. The Morgan fingerprint density at radius 3 is 2.55 bits per heavy atom. The Hall–Kier alpha value is -1.55. The fourth-order valence-electron chi connectivity index (χ4n) is 3.65. The van der Waals surface area contributed by atoms with Crippen molar-refractivity contribution in [3.05, 3.63) is 29.8 Å². The minimum Gasteiger partial charge on any atom is -0.497 e. The van der Waals surface area contributed by atoms with Crippen molar-refractivity contribution in [2.45, 2.75) is 32.1 Å². The molecular formula is C18H26N2O2. The molecule has 1 spiro atoms. The molecule has 1 aromatic carbocycles. The largest absolute Gasteiger partial charge is 0.497 e. The van der Waals surface area contributed by atoms with Crippen molar-refractivity contribution in [2.75, 3.05) is 33.3 Å². The molecule has 0 unspecified atom stereocenters. The summed E-state index contributed by atoms with van der Waals surface area (Å²) in [7, 11) is 1.67. The van der Waals surface area contributed by atoms with Crippen molar-refractivity contribution in [3.8, 4) is 5.75 Å². The molecule has 2 saturated heterocycles. The van der Waals surface area contributed by atoms with Gasteiger partial charge >= 0.3 is 0 Å². The molecule has 120 valence electrons. The van der Waals surface area contributed by atoms with E-state index in [9.17, 15) is 4.79 Å². The summed E-state index contributed by atoms with van der Waals surface area (Å²) in [6.45, 7) is 4.15. The van der Waals surface area contributed by atoms with Crippen LogP contribution in [0.1, 0.15) is 31.2 Å². The van der Waals surface area contributed by atoms with Gasteiger partial charge in [0.25, 0.3) is 0 Å². The van der Waals surface area contributed by atoms with Gasteiger partial charge in [-0.3, -0.25) is 4.79 Å². The lowest BCUT2D eigenvalue weighted by atomic mass is 9.78. The predicted molar refractivity (Wildman–Crippen MR) is 87.0 cm³/mol. The smallest absolute Gasteiger partial charge is 0.222 e. The van der Waals surface area contributed by atoms with E-state index >= 15 is 0 Å². The SMILES string of the molecule is COc1ccc(CCC(=O)N2CCC3(CCNC3)CC2)cc1. The first kappa shape index (κ1) is 15.3. The molecule has 4 nitrogen and oxygen atoms in total. The zero-order chi connectivity index (χ0) is 15.4. The van der Waals surface area contributed by atoms with E-state index in [1.807, 2.05) is 24.3 Å². The van der Waals surface area contributed by atoms with Gasteiger partial charge in [-0.2, -0.15) is 0 Å². The van der Waals surface area contributed by atoms with Crippen LogP contribution in [0.2, 0.25) is 0 Å². The number of benzene rings is 1. The first-order chi connectivity index (χ1) is 10.7. The Morgan fingerprint density at radius 2 is 1.95 bits per heavy atom. The number of nitrogens with one attached hydrogen (secondary N) is 1. The molecule has 22 heavy (non-hydrogen) atoms. The molecule has 0 aliphatic carbocycles. The average Bonchev–Trinajstić information content (AvgIpc) is 3.02. The maximum atomic E-state index is 12.4. The summed E-state index contributed by atoms with van der Waals surface area (Å²) in [6.07, 6.45) is 5.02. The number of likely N-dealkylation sites (tertiary alicyclic amines) is 1. The van der Waals surface area contributed by atoms with E-state index in [4.69, 9.17) is 4.74 Å². The highest BCUT2D eigenvalue weighted by Gasteiger charge is 2.37. The maximum absolute atomic E-state index is 12.4. The molecule has 1 aromatic rings. The van der Waals surface area contributed by atoms with Gasteiger partial charge in [0.15, 0.2) is 0 Å². The van der Waals surface area contributed by atoms with E-state index in [0.29, 0.717) is 17.7 Å². The lowest BCUT2D eigenvalue weighted by Gasteiger charge is -2.39. The fourth-order valence-corrected chi connectivity index (χ4v) is 3.65. The molecule has 4 heteroatoms. The van der Waals surface area contributed by atoms with Gasteiger partial charge in [-0.25, -0.2) is 0 Å². The number of carbonyl (C=O) groups excluding carboxylic acids is 1. The number of aryl methyl sites for hydroxylation is 1. The number of amides is 1. The maximum Gasteiger partial charge on any atom is 0.222 e. The van der Waals surface area contributed by atoms with Crippen LogP contribution in [0.5, 0.6) is 5.75 Å². The Bertz CT molecular complexity index is 496. The molecule has 3 rings (SSSR count).